The van der Waals surface area contributed by atoms with Gasteiger partial charge in [0.15, 0.2) is 0 Å². The SMILES string of the molecule is Brc1ccc2oc3ccccc3c2c1Nc1ccccc1. The highest BCUT2D eigenvalue weighted by Crippen LogP contribution is 2.39. The average Bonchev–Trinajstić information content (AvgIpc) is 2.90. The minimum atomic E-state index is 0.887. The molecule has 4 aromatic rings. The van der Waals surface area contributed by atoms with Crippen LogP contribution in [0.5, 0.6) is 0 Å². The van der Waals surface area contributed by atoms with Crippen molar-refractivity contribution >= 4 is 49.2 Å². The smallest absolute Gasteiger partial charge is 0.137 e. The fourth-order valence-electron chi connectivity index (χ4n) is 2.58. The summed E-state index contributed by atoms with van der Waals surface area (Å²) in [6.07, 6.45) is 0. The Morgan fingerprint density at radius 2 is 1.52 bits per heavy atom. The zero-order valence-electron chi connectivity index (χ0n) is 11.1. The van der Waals surface area contributed by atoms with E-state index in [2.05, 4.69) is 27.3 Å². The van der Waals surface area contributed by atoms with Crippen LogP contribution >= 0.6 is 15.9 Å². The van der Waals surface area contributed by atoms with E-state index in [9.17, 15) is 0 Å². The van der Waals surface area contributed by atoms with E-state index >= 15 is 0 Å². The van der Waals surface area contributed by atoms with E-state index in [1.165, 1.54) is 0 Å². The predicted octanol–water partition coefficient (Wildman–Crippen LogP) is 6.09. The highest BCUT2D eigenvalue weighted by molar-refractivity contribution is 9.10. The first-order valence-corrected chi connectivity index (χ1v) is 7.54. The molecule has 0 aliphatic carbocycles. The van der Waals surface area contributed by atoms with Gasteiger partial charge in [0, 0.05) is 15.5 Å². The molecule has 0 radical (unpaired) electrons. The maximum atomic E-state index is 5.92. The minimum absolute atomic E-state index is 0.887. The molecule has 1 N–H and O–H groups in total. The van der Waals surface area contributed by atoms with Gasteiger partial charge in [0.05, 0.1) is 11.1 Å². The van der Waals surface area contributed by atoms with Gasteiger partial charge in [-0.3, -0.25) is 0 Å². The molecule has 1 aromatic heterocycles. The molecular formula is C18H12BrNO. The van der Waals surface area contributed by atoms with E-state index in [0.29, 0.717) is 0 Å². The third-order valence-electron chi connectivity index (χ3n) is 3.54. The van der Waals surface area contributed by atoms with E-state index in [1.54, 1.807) is 0 Å². The number of nitrogens with one attached hydrogen (secondary N) is 1. The molecule has 0 spiro atoms. The van der Waals surface area contributed by atoms with Crippen LogP contribution in [0, 0.1) is 0 Å². The maximum absolute atomic E-state index is 5.92. The lowest BCUT2D eigenvalue weighted by Crippen LogP contribution is -1.91. The Morgan fingerprint density at radius 3 is 2.38 bits per heavy atom. The first kappa shape index (κ1) is 12.5. The Morgan fingerprint density at radius 1 is 0.762 bits per heavy atom. The van der Waals surface area contributed by atoms with Crippen LogP contribution in [0.4, 0.5) is 11.4 Å². The Bertz CT molecular complexity index is 928. The van der Waals surface area contributed by atoms with Crippen molar-refractivity contribution < 1.29 is 4.42 Å². The highest BCUT2D eigenvalue weighted by Gasteiger charge is 2.13. The predicted molar refractivity (Wildman–Crippen MR) is 91.1 cm³/mol. The van der Waals surface area contributed by atoms with Gasteiger partial charge >= 0.3 is 0 Å². The molecular weight excluding hydrogens is 326 g/mol. The van der Waals surface area contributed by atoms with Crippen molar-refractivity contribution in [1.82, 2.24) is 0 Å². The molecule has 0 aliphatic heterocycles. The number of para-hydroxylation sites is 2. The number of rotatable bonds is 2. The number of anilines is 2. The summed E-state index contributed by atoms with van der Waals surface area (Å²) in [5.74, 6) is 0. The Balaban J connectivity index is 2.00. The number of benzene rings is 3. The molecule has 0 atom stereocenters. The van der Waals surface area contributed by atoms with Gasteiger partial charge in [0.2, 0.25) is 0 Å². The molecule has 0 amide bonds. The normalized spacial score (nSPS) is 11.1. The second kappa shape index (κ2) is 4.93. The van der Waals surface area contributed by atoms with Gasteiger partial charge in [-0.2, -0.15) is 0 Å². The van der Waals surface area contributed by atoms with E-state index in [1.807, 2.05) is 60.7 Å². The van der Waals surface area contributed by atoms with Gasteiger partial charge in [-0.25, -0.2) is 0 Å². The minimum Gasteiger partial charge on any atom is -0.456 e. The van der Waals surface area contributed by atoms with E-state index in [4.69, 9.17) is 4.42 Å². The van der Waals surface area contributed by atoms with Gasteiger partial charge in [-0.15, -0.1) is 0 Å². The monoisotopic (exact) mass is 337 g/mol. The molecule has 0 fully saturated rings. The number of furan rings is 1. The van der Waals surface area contributed by atoms with Gasteiger partial charge < -0.3 is 9.73 Å². The summed E-state index contributed by atoms with van der Waals surface area (Å²) < 4.78 is 6.94. The topological polar surface area (TPSA) is 25.2 Å². The van der Waals surface area contributed by atoms with Gasteiger partial charge in [0.25, 0.3) is 0 Å². The summed E-state index contributed by atoms with van der Waals surface area (Å²) in [5.41, 5.74) is 3.87. The Labute approximate surface area is 130 Å². The summed E-state index contributed by atoms with van der Waals surface area (Å²) in [6, 6.07) is 22.3. The first-order chi connectivity index (χ1) is 10.3. The van der Waals surface area contributed by atoms with E-state index in [0.717, 1.165) is 37.8 Å². The summed E-state index contributed by atoms with van der Waals surface area (Å²) in [6.45, 7) is 0. The average molecular weight is 338 g/mol. The van der Waals surface area contributed by atoms with Gasteiger partial charge in [-0.1, -0.05) is 36.4 Å². The fourth-order valence-corrected chi connectivity index (χ4v) is 3.01. The van der Waals surface area contributed by atoms with Crippen molar-refractivity contribution in [2.24, 2.45) is 0 Å². The van der Waals surface area contributed by atoms with Crippen LogP contribution in [0.1, 0.15) is 0 Å². The molecule has 0 aliphatic rings. The van der Waals surface area contributed by atoms with Crippen LogP contribution in [-0.2, 0) is 0 Å². The summed E-state index contributed by atoms with van der Waals surface area (Å²) in [4.78, 5) is 0. The third kappa shape index (κ3) is 2.10. The molecule has 4 rings (SSSR count). The quantitative estimate of drug-likeness (QED) is 0.478. The zero-order chi connectivity index (χ0) is 14.2. The number of fused-ring (bicyclic) bond motifs is 3. The largest absolute Gasteiger partial charge is 0.456 e. The number of hydrogen-bond donors (Lipinski definition) is 1. The molecule has 102 valence electrons. The lowest BCUT2D eigenvalue weighted by atomic mass is 10.1. The lowest BCUT2D eigenvalue weighted by molar-refractivity contribution is 0.669. The molecule has 1 heterocycles. The first-order valence-electron chi connectivity index (χ1n) is 6.75. The van der Waals surface area contributed by atoms with E-state index in [-0.39, 0.29) is 0 Å². The van der Waals surface area contributed by atoms with Crippen LogP contribution in [0.3, 0.4) is 0 Å². The molecule has 2 nitrogen and oxygen atoms in total. The lowest BCUT2D eigenvalue weighted by Gasteiger charge is -2.10. The molecule has 0 saturated carbocycles. The van der Waals surface area contributed by atoms with Gasteiger partial charge in [0.1, 0.15) is 11.2 Å². The maximum Gasteiger partial charge on any atom is 0.137 e. The standard InChI is InChI=1S/C18H12BrNO/c19-14-10-11-16-17(13-8-4-5-9-15(13)21-16)18(14)20-12-6-2-1-3-7-12/h1-11,20H. The molecule has 21 heavy (non-hydrogen) atoms. The number of hydrogen-bond acceptors (Lipinski definition) is 2. The second-order valence-electron chi connectivity index (χ2n) is 4.88. The fraction of sp³-hybridized carbons (Fsp3) is 0. The zero-order valence-corrected chi connectivity index (χ0v) is 12.7. The molecule has 0 unspecified atom stereocenters. The summed E-state index contributed by atoms with van der Waals surface area (Å²) in [7, 11) is 0. The van der Waals surface area contributed by atoms with Crippen LogP contribution in [0.25, 0.3) is 21.9 Å². The van der Waals surface area contributed by atoms with Gasteiger partial charge in [-0.05, 0) is 46.3 Å². The van der Waals surface area contributed by atoms with Crippen molar-refractivity contribution in [3.05, 3.63) is 71.2 Å². The third-order valence-corrected chi connectivity index (χ3v) is 4.20. The molecule has 3 aromatic carbocycles. The van der Waals surface area contributed by atoms with E-state index < -0.39 is 0 Å². The molecule has 0 bridgehead atoms. The van der Waals surface area contributed by atoms with Crippen LogP contribution in [-0.4, -0.2) is 0 Å². The van der Waals surface area contributed by atoms with Crippen molar-refractivity contribution in [3.63, 3.8) is 0 Å². The highest BCUT2D eigenvalue weighted by atomic mass is 79.9. The second-order valence-corrected chi connectivity index (χ2v) is 5.74. The Hall–Kier alpha value is -2.26. The summed E-state index contributed by atoms with van der Waals surface area (Å²) in [5, 5.41) is 5.71. The van der Waals surface area contributed by atoms with Crippen LogP contribution in [0.15, 0.2) is 75.6 Å². The van der Waals surface area contributed by atoms with Crippen molar-refractivity contribution in [3.8, 4) is 0 Å². The number of halogens is 1. The summed E-state index contributed by atoms with van der Waals surface area (Å²) >= 11 is 3.64. The van der Waals surface area contributed by atoms with Crippen molar-refractivity contribution in [2.45, 2.75) is 0 Å². The van der Waals surface area contributed by atoms with Crippen molar-refractivity contribution in [2.75, 3.05) is 5.32 Å². The molecule has 0 saturated heterocycles. The Kier molecular flexibility index (Phi) is 2.93. The van der Waals surface area contributed by atoms with Crippen LogP contribution in [0.2, 0.25) is 0 Å². The molecule has 3 heteroatoms. The van der Waals surface area contributed by atoms with Crippen LogP contribution < -0.4 is 5.32 Å². The van der Waals surface area contributed by atoms with Crippen molar-refractivity contribution in [1.29, 1.82) is 0 Å².